The molecule has 21 heavy (non-hydrogen) atoms. The average molecular weight is 324 g/mol. The molecule has 4 nitrogen and oxygen atoms in total. The molecular weight excluding hydrogens is 306 g/mol. The summed E-state index contributed by atoms with van der Waals surface area (Å²) in [6, 6.07) is 7.70. The summed E-state index contributed by atoms with van der Waals surface area (Å²) < 4.78 is 14.5. The molecule has 0 spiro atoms. The zero-order valence-electron chi connectivity index (χ0n) is 12.0. The van der Waals surface area contributed by atoms with E-state index in [4.69, 9.17) is 16.3 Å². The molecule has 0 amide bonds. The van der Waals surface area contributed by atoms with Crippen LogP contribution in [-0.2, 0) is 6.61 Å². The lowest BCUT2D eigenvalue weighted by Gasteiger charge is -2.30. The Morgan fingerprint density at radius 2 is 2.05 bits per heavy atom. The number of hydrogen-bond acceptors (Lipinski definition) is 5. The average Bonchev–Trinajstić information content (AvgIpc) is 2.96. The maximum atomic E-state index is 6.15. The number of hydrogen-bond donors (Lipinski definition) is 0. The van der Waals surface area contributed by atoms with Crippen molar-refractivity contribution in [1.29, 1.82) is 0 Å². The van der Waals surface area contributed by atoms with Crippen LogP contribution in [0.5, 0.6) is 5.88 Å². The van der Waals surface area contributed by atoms with Crippen LogP contribution in [0.4, 0.5) is 5.82 Å². The van der Waals surface area contributed by atoms with E-state index in [-0.39, 0.29) is 0 Å². The van der Waals surface area contributed by atoms with Gasteiger partial charge in [-0.2, -0.15) is 4.37 Å². The highest BCUT2D eigenvalue weighted by Crippen LogP contribution is 2.30. The van der Waals surface area contributed by atoms with Gasteiger partial charge in [0.15, 0.2) is 0 Å². The molecule has 1 aliphatic rings. The minimum atomic E-state index is 0.419. The molecular formula is C15H18ClN3OS. The van der Waals surface area contributed by atoms with Crippen LogP contribution in [-0.4, -0.2) is 21.8 Å². The zero-order chi connectivity index (χ0) is 14.7. The van der Waals surface area contributed by atoms with Crippen LogP contribution in [0.15, 0.2) is 24.3 Å². The monoisotopic (exact) mass is 323 g/mol. The third-order valence-electron chi connectivity index (χ3n) is 3.85. The Hall–Kier alpha value is -1.33. The van der Waals surface area contributed by atoms with Gasteiger partial charge in [-0.25, -0.2) is 0 Å². The Morgan fingerprint density at radius 1 is 1.29 bits per heavy atom. The summed E-state index contributed by atoms with van der Waals surface area (Å²) in [5.41, 5.74) is 0.963. The van der Waals surface area contributed by atoms with Crippen LogP contribution in [0.3, 0.4) is 0 Å². The molecule has 1 aromatic heterocycles. The molecule has 1 fully saturated rings. The first-order chi connectivity index (χ1) is 10.2. The number of halogens is 1. The highest BCUT2D eigenvalue weighted by molar-refractivity contribution is 6.99. The summed E-state index contributed by atoms with van der Waals surface area (Å²) in [5.74, 6) is 2.29. The Kier molecular flexibility index (Phi) is 4.60. The van der Waals surface area contributed by atoms with E-state index in [2.05, 4.69) is 20.6 Å². The van der Waals surface area contributed by atoms with Gasteiger partial charge in [-0.1, -0.05) is 36.7 Å². The minimum Gasteiger partial charge on any atom is -0.469 e. The van der Waals surface area contributed by atoms with Crippen LogP contribution in [0.2, 0.25) is 5.02 Å². The van der Waals surface area contributed by atoms with E-state index in [0.717, 1.165) is 30.4 Å². The van der Waals surface area contributed by atoms with Crippen LogP contribution in [0.25, 0.3) is 0 Å². The summed E-state index contributed by atoms with van der Waals surface area (Å²) in [7, 11) is 0. The van der Waals surface area contributed by atoms with Gasteiger partial charge in [-0.3, -0.25) is 0 Å². The lowest BCUT2D eigenvalue weighted by molar-refractivity contribution is 0.295. The molecule has 6 heteroatoms. The van der Waals surface area contributed by atoms with Crippen molar-refractivity contribution in [2.45, 2.75) is 26.4 Å². The predicted octanol–water partition coefficient (Wildman–Crippen LogP) is 4.01. The van der Waals surface area contributed by atoms with Gasteiger partial charge in [0, 0.05) is 23.7 Å². The molecule has 0 aliphatic carbocycles. The number of piperidine rings is 1. The Labute approximate surface area is 134 Å². The van der Waals surface area contributed by atoms with E-state index in [9.17, 15) is 0 Å². The molecule has 2 heterocycles. The fourth-order valence-electron chi connectivity index (χ4n) is 2.44. The van der Waals surface area contributed by atoms with Crippen LogP contribution < -0.4 is 9.64 Å². The molecule has 0 radical (unpaired) electrons. The number of aromatic nitrogens is 2. The quantitative estimate of drug-likeness (QED) is 0.852. The number of anilines is 1. The first kappa shape index (κ1) is 14.6. The maximum absolute atomic E-state index is 6.15. The molecule has 1 aromatic carbocycles. The number of rotatable bonds is 4. The standard InChI is InChI=1S/C15H18ClN3OS/c1-11-6-8-19(9-7-11)14-15(18-21-17-14)20-10-12-4-2-3-5-13(12)16/h2-5,11H,6-10H2,1H3. The third-order valence-corrected chi connectivity index (χ3v) is 4.72. The van der Waals surface area contributed by atoms with Gasteiger partial charge < -0.3 is 9.64 Å². The summed E-state index contributed by atoms with van der Waals surface area (Å²) in [6.07, 6.45) is 2.39. The fourth-order valence-corrected chi connectivity index (χ4v) is 3.15. The van der Waals surface area contributed by atoms with E-state index in [1.165, 1.54) is 24.6 Å². The van der Waals surface area contributed by atoms with E-state index < -0.39 is 0 Å². The van der Waals surface area contributed by atoms with Crippen molar-refractivity contribution >= 4 is 29.1 Å². The van der Waals surface area contributed by atoms with Crippen molar-refractivity contribution < 1.29 is 4.74 Å². The number of benzene rings is 1. The summed E-state index contributed by atoms with van der Waals surface area (Å²) >= 11 is 7.35. The molecule has 0 unspecified atom stereocenters. The molecule has 0 N–H and O–H groups in total. The van der Waals surface area contributed by atoms with Gasteiger partial charge in [0.05, 0.1) is 11.7 Å². The van der Waals surface area contributed by atoms with E-state index >= 15 is 0 Å². The highest BCUT2D eigenvalue weighted by atomic mass is 35.5. The summed E-state index contributed by atoms with van der Waals surface area (Å²) in [6.45, 7) is 4.76. The molecule has 3 rings (SSSR count). The van der Waals surface area contributed by atoms with Crippen LogP contribution in [0.1, 0.15) is 25.3 Å². The van der Waals surface area contributed by atoms with Crippen molar-refractivity contribution in [3.05, 3.63) is 34.9 Å². The van der Waals surface area contributed by atoms with Gasteiger partial charge in [0.25, 0.3) is 5.88 Å². The van der Waals surface area contributed by atoms with E-state index in [0.29, 0.717) is 17.5 Å². The van der Waals surface area contributed by atoms with Gasteiger partial charge >= 0.3 is 0 Å². The second kappa shape index (κ2) is 6.62. The largest absolute Gasteiger partial charge is 0.469 e. The normalized spacial score (nSPS) is 16.2. The first-order valence-electron chi connectivity index (χ1n) is 7.17. The summed E-state index contributed by atoms with van der Waals surface area (Å²) in [5, 5.41) is 0.717. The fraction of sp³-hybridized carbons (Fsp3) is 0.467. The van der Waals surface area contributed by atoms with Gasteiger partial charge in [-0.05, 0) is 24.8 Å². The van der Waals surface area contributed by atoms with Crippen molar-refractivity contribution in [3.8, 4) is 5.88 Å². The van der Waals surface area contributed by atoms with Crippen molar-refractivity contribution in [2.24, 2.45) is 5.92 Å². The molecule has 0 atom stereocenters. The second-order valence-electron chi connectivity index (χ2n) is 5.44. The zero-order valence-corrected chi connectivity index (χ0v) is 13.5. The highest BCUT2D eigenvalue weighted by Gasteiger charge is 2.22. The lowest BCUT2D eigenvalue weighted by atomic mass is 9.99. The smallest absolute Gasteiger partial charge is 0.271 e. The van der Waals surface area contributed by atoms with E-state index in [1.54, 1.807) is 0 Å². The van der Waals surface area contributed by atoms with E-state index in [1.807, 2.05) is 24.3 Å². The van der Waals surface area contributed by atoms with Gasteiger partial charge in [0.2, 0.25) is 5.82 Å². The van der Waals surface area contributed by atoms with Crippen LogP contribution >= 0.6 is 23.3 Å². The van der Waals surface area contributed by atoms with Gasteiger partial charge in [-0.15, -0.1) is 4.37 Å². The molecule has 112 valence electrons. The second-order valence-corrected chi connectivity index (χ2v) is 6.38. The summed E-state index contributed by atoms with van der Waals surface area (Å²) in [4.78, 5) is 2.27. The molecule has 0 saturated carbocycles. The third kappa shape index (κ3) is 3.47. The molecule has 1 aliphatic heterocycles. The van der Waals surface area contributed by atoms with Gasteiger partial charge in [0.1, 0.15) is 6.61 Å². The number of ether oxygens (including phenoxy) is 1. The maximum Gasteiger partial charge on any atom is 0.271 e. The Morgan fingerprint density at radius 3 is 2.81 bits per heavy atom. The van der Waals surface area contributed by atoms with Crippen molar-refractivity contribution in [1.82, 2.24) is 8.75 Å². The topological polar surface area (TPSA) is 38.2 Å². The number of nitrogens with zero attached hydrogens (tertiary/aromatic N) is 3. The first-order valence-corrected chi connectivity index (χ1v) is 8.28. The SMILES string of the molecule is CC1CCN(c2nsnc2OCc2ccccc2Cl)CC1. The molecule has 2 aromatic rings. The predicted molar refractivity (Wildman–Crippen MR) is 86.3 cm³/mol. The lowest BCUT2D eigenvalue weighted by Crippen LogP contribution is -2.33. The van der Waals surface area contributed by atoms with Crippen molar-refractivity contribution in [3.63, 3.8) is 0 Å². The van der Waals surface area contributed by atoms with Crippen LogP contribution in [0, 0.1) is 5.92 Å². The molecule has 1 saturated heterocycles. The Bertz CT molecular complexity index is 596. The minimum absolute atomic E-state index is 0.419. The Balaban J connectivity index is 1.67. The van der Waals surface area contributed by atoms with Crippen molar-refractivity contribution in [2.75, 3.05) is 18.0 Å². The molecule has 0 bridgehead atoms.